The fourth-order valence-electron chi connectivity index (χ4n) is 3.65. The summed E-state index contributed by atoms with van der Waals surface area (Å²) in [5.41, 5.74) is 4.31. The Hall–Kier alpha value is -3.38. The van der Waals surface area contributed by atoms with Crippen molar-refractivity contribution in [2.45, 2.75) is 13.8 Å². The topological polar surface area (TPSA) is 45.9 Å². The van der Waals surface area contributed by atoms with E-state index < -0.39 is 6.09 Å². The average molecular weight is 404 g/mol. The Morgan fingerprint density at radius 3 is 1.90 bits per heavy atom. The smallest absolute Gasteiger partial charge is 0.378 e. The Labute approximate surface area is 176 Å². The van der Waals surface area contributed by atoms with Gasteiger partial charge in [-0.3, -0.25) is 0 Å². The first kappa shape index (κ1) is 19.9. The number of carbonyl (C=O) groups excluding carboxylic acids is 1. The minimum absolute atomic E-state index is 0.470. The second-order valence-electron chi connectivity index (χ2n) is 7.25. The molecule has 0 bridgehead atoms. The maximum atomic E-state index is 13.3. The highest BCUT2D eigenvalue weighted by molar-refractivity contribution is 5.95. The van der Waals surface area contributed by atoms with Gasteiger partial charge in [-0.1, -0.05) is 36.4 Å². The summed E-state index contributed by atoms with van der Waals surface area (Å²) in [5, 5.41) is 0. The van der Waals surface area contributed by atoms with Crippen LogP contribution >= 0.6 is 0 Å². The van der Waals surface area contributed by atoms with Crippen LogP contribution in [0.1, 0.15) is 11.4 Å². The molecule has 0 aliphatic carbocycles. The minimum Gasteiger partial charge on any atom is -0.378 e. The van der Waals surface area contributed by atoms with Gasteiger partial charge in [0.1, 0.15) is 0 Å². The van der Waals surface area contributed by atoms with Crippen molar-refractivity contribution in [3.05, 3.63) is 84.2 Å². The molecule has 4 rings (SSSR count). The molecule has 1 amide bonds. The molecular formula is C24H26N3O3+. The van der Waals surface area contributed by atoms with E-state index in [1.807, 2.05) is 86.6 Å². The average Bonchev–Trinajstić information content (AvgIpc) is 2.78. The summed E-state index contributed by atoms with van der Waals surface area (Å²) >= 11 is 0. The van der Waals surface area contributed by atoms with Gasteiger partial charge >= 0.3 is 6.09 Å². The van der Waals surface area contributed by atoms with E-state index in [4.69, 9.17) is 9.57 Å². The molecule has 1 aromatic heterocycles. The van der Waals surface area contributed by atoms with E-state index in [9.17, 15) is 4.79 Å². The van der Waals surface area contributed by atoms with Crippen molar-refractivity contribution in [3.63, 3.8) is 0 Å². The van der Waals surface area contributed by atoms with E-state index in [1.165, 1.54) is 0 Å². The third-order valence-corrected chi connectivity index (χ3v) is 5.11. The number of pyridine rings is 1. The second-order valence-corrected chi connectivity index (χ2v) is 7.25. The van der Waals surface area contributed by atoms with Gasteiger partial charge in [0, 0.05) is 49.5 Å². The zero-order chi connectivity index (χ0) is 20.9. The first-order valence-electron chi connectivity index (χ1n) is 10.1. The zero-order valence-corrected chi connectivity index (χ0v) is 17.3. The van der Waals surface area contributed by atoms with Crippen LogP contribution in [-0.2, 0) is 4.74 Å². The van der Waals surface area contributed by atoms with Crippen LogP contribution in [0.4, 0.5) is 21.9 Å². The van der Waals surface area contributed by atoms with Crippen molar-refractivity contribution in [2.75, 3.05) is 36.1 Å². The summed E-state index contributed by atoms with van der Waals surface area (Å²) in [5.74, 6) is 0. The molecular weight excluding hydrogens is 378 g/mol. The Morgan fingerprint density at radius 2 is 1.40 bits per heavy atom. The Kier molecular flexibility index (Phi) is 5.95. The van der Waals surface area contributed by atoms with Gasteiger partial charge in [0.05, 0.1) is 24.6 Å². The van der Waals surface area contributed by atoms with Gasteiger partial charge in [-0.2, -0.15) is 4.84 Å². The Bertz CT molecular complexity index is 940. The summed E-state index contributed by atoms with van der Waals surface area (Å²) in [6.07, 6.45) is -0.470. The fraction of sp³-hybridized carbons (Fsp3) is 0.250. The largest absolute Gasteiger partial charge is 0.487 e. The third kappa shape index (κ3) is 4.28. The number of aryl methyl sites for hydroxylation is 2. The lowest BCUT2D eigenvalue weighted by Crippen LogP contribution is -2.54. The van der Waals surface area contributed by atoms with Crippen LogP contribution in [0.5, 0.6) is 0 Å². The summed E-state index contributed by atoms with van der Waals surface area (Å²) in [4.78, 5) is 23.0. The van der Waals surface area contributed by atoms with Gasteiger partial charge < -0.3 is 9.64 Å². The number of benzene rings is 2. The van der Waals surface area contributed by atoms with Crippen LogP contribution in [0.3, 0.4) is 0 Å². The molecule has 3 aromatic rings. The first-order chi connectivity index (χ1) is 14.6. The molecule has 1 saturated heterocycles. The predicted octanol–water partition coefficient (Wildman–Crippen LogP) is 3.81. The zero-order valence-electron chi connectivity index (χ0n) is 17.3. The third-order valence-electron chi connectivity index (χ3n) is 5.11. The number of amides is 1. The number of hydrogen-bond acceptors (Lipinski definition) is 4. The quantitative estimate of drug-likeness (QED) is 0.621. The van der Waals surface area contributed by atoms with Gasteiger partial charge in [0.15, 0.2) is 0 Å². The molecule has 1 aliphatic heterocycles. The van der Waals surface area contributed by atoms with Gasteiger partial charge in [0.25, 0.3) is 0 Å². The lowest BCUT2D eigenvalue weighted by molar-refractivity contribution is -0.876. The number of nitrogens with zero attached hydrogens (tertiary/aromatic N) is 3. The normalized spacial score (nSPS) is 13.7. The lowest BCUT2D eigenvalue weighted by Gasteiger charge is -2.28. The van der Waals surface area contributed by atoms with Gasteiger partial charge in [-0.25, -0.2) is 9.69 Å². The van der Waals surface area contributed by atoms with Crippen LogP contribution < -0.4 is 19.4 Å². The van der Waals surface area contributed by atoms with E-state index in [2.05, 4.69) is 4.90 Å². The van der Waals surface area contributed by atoms with Crippen molar-refractivity contribution in [3.8, 4) is 0 Å². The van der Waals surface area contributed by atoms with E-state index in [0.717, 1.165) is 54.8 Å². The molecule has 0 spiro atoms. The summed E-state index contributed by atoms with van der Waals surface area (Å²) < 4.78 is 7.04. The molecule has 0 N–H and O–H groups in total. The Balaban J connectivity index is 1.62. The number of anilines is 3. The Morgan fingerprint density at radius 1 is 0.900 bits per heavy atom. The van der Waals surface area contributed by atoms with Gasteiger partial charge in [-0.05, 0) is 24.3 Å². The monoisotopic (exact) mass is 404 g/mol. The van der Waals surface area contributed by atoms with Gasteiger partial charge in [0.2, 0.25) is 11.4 Å². The summed E-state index contributed by atoms with van der Waals surface area (Å²) in [7, 11) is 0. The molecule has 2 heterocycles. The molecule has 0 radical (unpaired) electrons. The number of para-hydroxylation sites is 2. The number of aromatic nitrogens is 1. The van der Waals surface area contributed by atoms with E-state index >= 15 is 0 Å². The molecule has 154 valence electrons. The molecule has 2 aromatic carbocycles. The molecule has 6 heteroatoms. The van der Waals surface area contributed by atoms with Crippen LogP contribution in [0.15, 0.2) is 72.8 Å². The fourth-order valence-corrected chi connectivity index (χ4v) is 3.65. The van der Waals surface area contributed by atoms with Crippen molar-refractivity contribution in [2.24, 2.45) is 0 Å². The van der Waals surface area contributed by atoms with Crippen LogP contribution in [-0.4, -0.2) is 32.4 Å². The maximum absolute atomic E-state index is 13.3. The highest BCUT2D eigenvalue weighted by Crippen LogP contribution is 2.25. The molecule has 0 unspecified atom stereocenters. The minimum atomic E-state index is -0.470. The SMILES string of the molecule is Cc1cc(N2CCOCC2)cc(C)[n+]1OC(=O)N(c1ccccc1)c1ccccc1. The number of morpholine rings is 1. The van der Waals surface area contributed by atoms with E-state index in [-0.39, 0.29) is 0 Å². The van der Waals surface area contributed by atoms with Crippen LogP contribution in [0.2, 0.25) is 0 Å². The summed E-state index contributed by atoms with van der Waals surface area (Å²) in [6, 6.07) is 23.1. The van der Waals surface area contributed by atoms with Gasteiger partial charge in [-0.15, -0.1) is 0 Å². The molecule has 1 fully saturated rings. The standard InChI is InChI=1S/C24H26N3O3/c1-19-17-23(25-13-15-29-16-14-25)18-20(2)27(19)30-24(28)26(21-9-5-3-6-10-21)22-11-7-4-8-12-22/h3-12,17-18H,13-16H2,1-2H3/q+1. The second kappa shape index (κ2) is 8.97. The highest BCUT2D eigenvalue weighted by Gasteiger charge is 2.27. The predicted molar refractivity (Wildman–Crippen MR) is 116 cm³/mol. The van der Waals surface area contributed by atoms with Crippen molar-refractivity contribution in [1.29, 1.82) is 0 Å². The van der Waals surface area contributed by atoms with E-state index in [0.29, 0.717) is 0 Å². The first-order valence-corrected chi connectivity index (χ1v) is 10.1. The summed E-state index contributed by atoms with van der Waals surface area (Å²) in [6.45, 7) is 7.06. The van der Waals surface area contributed by atoms with Crippen molar-refractivity contribution in [1.82, 2.24) is 0 Å². The number of hydrogen-bond donors (Lipinski definition) is 0. The van der Waals surface area contributed by atoms with E-state index in [1.54, 1.807) is 9.63 Å². The highest BCUT2D eigenvalue weighted by atomic mass is 16.7. The number of carbonyl (C=O) groups is 1. The van der Waals surface area contributed by atoms with Crippen molar-refractivity contribution >= 4 is 23.2 Å². The molecule has 0 atom stereocenters. The van der Waals surface area contributed by atoms with Crippen LogP contribution in [0.25, 0.3) is 0 Å². The number of rotatable bonds is 4. The lowest BCUT2D eigenvalue weighted by atomic mass is 10.2. The molecule has 6 nitrogen and oxygen atoms in total. The van der Waals surface area contributed by atoms with Crippen LogP contribution in [0, 0.1) is 13.8 Å². The maximum Gasteiger partial charge on any atom is 0.487 e. The number of ether oxygens (including phenoxy) is 1. The van der Waals surface area contributed by atoms with Crippen molar-refractivity contribution < 1.29 is 19.1 Å². The molecule has 30 heavy (non-hydrogen) atoms. The molecule has 0 saturated carbocycles. The molecule has 1 aliphatic rings.